The topological polar surface area (TPSA) is 32.3 Å². The summed E-state index contributed by atoms with van der Waals surface area (Å²) in [4.78, 5) is 0. The third kappa shape index (κ3) is 3.21. The third-order valence-corrected chi connectivity index (χ3v) is 3.64. The number of nitrogens with one attached hydrogen (secondary N) is 1. The molecule has 1 fully saturated rings. The smallest absolute Gasteiger partial charge is 0.0920 e. The first-order valence-corrected chi connectivity index (χ1v) is 6.95. The second-order valence-electron chi connectivity index (χ2n) is 5.09. The van der Waals surface area contributed by atoms with Gasteiger partial charge in [-0.2, -0.15) is 0 Å². The number of unbranched alkanes of at least 4 members (excludes halogenated alkanes) is 1. The van der Waals surface area contributed by atoms with E-state index < -0.39 is 5.60 Å². The molecule has 1 aromatic carbocycles. The summed E-state index contributed by atoms with van der Waals surface area (Å²) in [5.41, 5.74) is 1.64. The van der Waals surface area contributed by atoms with Crippen molar-refractivity contribution in [3.8, 4) is 0 Å². The van der Waals surface area contributed by atoms with Gasteiger partial charge in [0.2, 0.25) is 0 Å². The van der Waals surface area contributed by atoms with Crippen molar-refractivity contribution in [3.05, 3.63) is 41.5 Å². The van der Waals surface area contributed by atoms with E-state index in [0.29, 0.717) is 0 Å². The Balaban J connectivity index is 2.07. The summed E-state index contributed by atoms with van der Waals surface area (Å²) >= 11 is 0. The maximum absolute atomic E-state index is 10.6. The molecule has 0 saturated carbocycles. The van der Waals surface area contributed by atoms with Gasteiger partial charge in [0.25, 0.3) is 0 Å². The van der Waals surface area contributed by atoms with Crippen LogP contribution in [0.2, 0.25) is 0 Å². The van der Waals surface area contributed by atoms with Crippen molar-refractivity contribution in [1.29, 1.82) is 0 Å². The maximum atomic E-state index is 10.6. The highest BCUT2D eigenvalue weighted by molar-refractivity contribution is 5.50. The predicted molar refractivity (Wildman–Crippen MR) is 76.4 cm³/mol. The van der Waals surface area contributed by atoms with Crippen molar-refractivity contribution < 1.29 is 5.11 Å². The van der Waals surface area contributed by atoms with Crippen molar-refractivity contribution in [2.75, 3.05) is 13.1 Å². The molecule has 0 unspecified atom stereocenters. The SMILES string of the molecule is CCC/C=C/c1ccc(C2(O)CCNCC2)cc1. The highest BCUT2D eigenvalue weighted by Crippen LogP contribution is 2.30. The van der Waals surface area contributed by atoms with Gasteiger partial charge >= 0.3 is 0 Å². The first-order chi connectivity index (χ1) is 8.74. The average Bonchev–Trinajstić information content (AvgIpc) is 2.41. The van der Waals surface area contributed by atoms with Crippen LogP contribution >= 0.6 is 0 Å². The van der Waals surface area contributed by atoms with Crippen molar-refractivity contribution in [2.45, 2.75) is 38.2 Å². The molecule has 0 atom stereocenters. The Bertz CT molecular complexity index is 388. The summed E-state index contributed by atoms with van der Waals surface area (Å²) < 4.78 is 0. The fourth-order valence-electron chi connectivity index (χ4n) is 2.42. The maximum Gasteiger partial charge on any atom is 0.0920 e. The molecule has 2 nitrogen and oxygen atoms in total. The van der Waals surface area contributed by atoms with E-state index in [4.69, 9.17) is 0 Å². The molecule has 2 heteroatoms. The van der Waals surface area contributed by atoms with E-state index in [0.717, 1.165) is 37.9 Å². The molecule has 18 heavy (non-hydrogen) atoms. The molecule has 0 aromatic heterocycles. The van der Waals surface area contributed by atoms with Gasteiger partial charge in [-0.05, 0) is 43.5 Å². The highest BCUT2D eigenvalue weighted by atomic mass is 16.3. The van der Waals surface area contributed by atoms with Crippen LogP contribution < -0.4 is 5.32 Å². The molecule has 0 radical (unpaired) electrons. The Morgan fingerprint density at radius 3 is 2.50 bits per heavy atom. The number of hydrogen-bond donors (Lipinski definition) is 2. The first-order valence-electron chi connectivity index (χ1n) is 6.95. The van der Waals surface area contributed by atoms with Crippen LogP contribution in [0.3, 0.4) is 0 Å². The van der Waals surface area contributed by atoms with Crippen LogP contribution in [-0.2, 0) is 5.60 Å². The molecule has 0 aliphatic carbocycles. The number of hydrogen-bond acceptors (Lipinski definition) is 2. The van der Waals surface area contributed by atoms with Crippen LogP contribution in [0.4, 0.5) is 0 Å². The van der Waals surface area contributed by atoms with Gasteiger partial charge in [0.05, 0.1) is 5.60 Å². The predicted octanol–water partition coefficient (Wildman–Crippen LogP) is 3.07. The Kier molecular flexibility index (Phi) is 4.56. The Hall–Kier alpha value is -1.12. The van der Waals surface area contributed by atoms with E-state index in [1.54, 1.807) is 0 Å². The third-order valence-electron chi connectivity index (χ3n) is 3.64. The quantitative estimate of drug-likeness (QED) is 0.854. The van der Waals surface area contributed by atoms with E-state index in [9.17, 15) is 5.11 Å². The van der Waals surface area contributed by atoms with E-state index in [1.165, 1.54) is 12.0 Å². The fourth-order valence-corrected chi connectivity index (χ4v) is 2.42. The molecule has 1 heterocycles. The molecule has 98 valence electrons. The van der Waals surface area contributed by atoms with Crippen molar-refractivity contribution >= 4 is 6.08 Å². The van der Waals surface area contributed by atoms with Crippen molar-refractivity contribution in [1.82, 2.24) is 5.32 Å². The van der Waals surface area contributed by atoms with Gasteiger partial charge in [-0.1, -0.05) is 49.8 Å². The zero-order chi connectivity index (χ0) is 12.8. The minimum Gasteiger partial charge on any atom is -0.385 e. The Morgan fingerprint density at radius 1 is 1.22 bits per heavy atom. The van der Waals surface area contributed by atoms with Gasteiger partial charge in [-0.25, -0.2) is 0 Å². The average molecular weight is 245 g/mol. The Labute approximate surface area is 110 Å². The molecule has 1 aliphatic heterocycles. The molecule has 1 aliphatic rings. The van der Waals surface area contributed by atoms with E-state index in [1.807, 2.05) is 0 Å². The lowest BCUT2D eigenvalue weighted by molar-refractivity contribution is 0.00594. The molecule has 0 spiro atoms. The van der Waals surface area contributed by atoms with E-state index in [2.05, 4.69) is 48.7 Å². The van der Waals surface area contributed by atoms with E-state index >= 15 is 0 Å². The summed E-state index contributed by atoms with van der Waals surface area (Å²) in [5, 5.41) is 13.9. The second kappa shape index (κ2) is 6.17. The summed E-state index contributed by atoms with van der Waals surface area (Å²) in [5.74, 6) is 0. The zero-order valence-electron chi connectivity index (χ0n) is 11.2. The molecule has 1 aromatic rings. The normalized spacial score (nSPS) is 19.2. The van der Waals surface area contributed by atoms with Crippen molar-refractivity contribution in [3.63, 3.8) is 0 Å². The van der Waals surface area contributed by atoms with Crippen LogP contribution in [0.15, 0.2) is 30.3 Å². The fraction of sp³-hybridized carbons (Fsp3) is 0.500. The molecule has 2 N–H and O–H groups in total. The molecular formula is C16H23NO. The molecular weight excluding hydrogens is 222 g/mol. The van der Waals surface area contributed by atoms with E-state index in [-0.39, 0.29) is 0 Å². The monoisotopic (exact) mass is 245 g/mol. The van der Waals surface area contributed by atoms with Crippen LogP contribution in [0.1, 0.15) is 43.7 Å². The summed E-state index contributed by atoms with van der Waals surface area (Å²) in [7, 11) is 0. The van der Waals surface area contributed by atoms with Gasteiger partial charge in [0.15, 0.2) is 0 Å². The lowest BCUT2D eigenvalue weighted by Crippen LogP contribution is -2.39. The first kappa shape index (κ1) is 13.3. The number of benzene rings is 1. The van der Waals surface area contributed by atoms with Gasteiger partial charge in [0.1, 0.15) is 0 Å². The lowest BCUT2D eigenvalue weighted by Gasteiger charge is -2.33. The number of piperidine rings is 1. The van der Waals surface area contributed by atoms with Crippen LogP contribution in [0.5, 0.6) is 0 Å². The standard InChI is InChI=1S/C16H23NO/c1-2-3-4-5-14-6-8-15(9-7-14)16(18)10-12-17-13-11-16/h4-9,17-18H,2-3,10-13H2,1H3/b5-4+. The molecule has 1 saturated heterocycles. The lowest BCUT2D eigenvalue weighted by atomic mass is 9.85. The largest absolute Gasteiger partial charge is 0.385 e. The highest BCUT2D eigenvalue weighted by Gasteiger charge is 2.30. The van der Waals surface area contributed by atoms with Crippen LogP contribution in [-0.4, -0.2) is 18.2 Å². The minimum atomic E-state index is -0.628. The summed E-state index contributed by atoms with van der Waals surface area (Å²) in [6, 6.07) is 8.33. The van der Waals surface area contributed by atoms with Crippen molar-refractivity contribution in [2.24, 2.45) is 0 Å². The van der Waals surface area contributed by atoms with Gasteiger partial charge in [-0.15, -0.1) is 0 Å². The molecule has 0 amide bonds. The summed E-state index contributed by atoms with van der Waals surface area (Å²) in [6.07, 6.45) is 8.27. The van der Waals surface area contributed by atoms with Gasteiger partial charge in [0, 0.05) is 0 Å². The molecule has 2 rings (SSSR count). The second-order valence-corrected chi connectivity index (χ2v) is 5.09. The van der Waals surface area contributed by atoms with Gasteiger partial charge < -0.3 is 10.4 Å². The number of aliphatic hydroxyl groups is 1. The summed E-state index contributed by atoms with van der Waals surface area (Å²) in [6.45, 7) is 3.98. The molecule has 0 bridgehead atoms. The zero-order valence-corrected chi connectivity index (χ0v) is 11.2. The number of allylic oxidation sites excluding steroid dienone is 1. The number of rotatable bonds is 4. The van der Waals surface area contributed by atoms with Crippen LogP contribution in [0, 0.1) is 0 Å². The minimum absolute atomic E-state index is 0.628. The Morgan fingerprint density at radius 2 is 1.89 bits per heavy atom. The van der Waals surface area contributed by atoms with Gasteiger partial charge in [-0.3, -0.25) is 0 Å². The van der Waals surface area contributed by atoms with Crippen LogP contribution in [0.25, 0.3) is 6.08 Å².